The molecule has 228 valence electrons. The fourth-order valence-corrected chi connectivity index (χ4v) is 5.17. The van der Waals surface area contributed by atoms with Crippen LogP contribution in [-0.2, 0) is 19.7 Å². The Balaban J connectivity index is 1.32. The number of aryl methyl sites for hydroxylation is 1. The van der Waals surface area contributed by atoms with E-state index in [4.69, 9.17) is 21.1 Å². The van der Waals surface area contributed by atoms with Gasteiger partial charge in [0.2, 0.25) is 0 Å². The number of benzene rings is 1. The van der Waals surface area contributed by atoms with Crippen LogP contribution in [0.25, 0.3) is 5.65 Å². The molecule has 0 radical (unpaired) electrons. The highest BCUT2D eigenvalue weighted by atomic mass is 35.5. The van der Waals surface area contributed by atoms with Gasteiger partial charge in [0.25, 0.3) is 0 Å². The van der Waals surface area contributed by atoms with E-state index in [2.05, 4.69) is 51.8 Å². The number of unbranched alkanes of at least 4 members (excludes halogenated alkanes) is 9. The highest BCUT2D eigenvalue weighted by molar-refractivity contribution is 6.34. The molecule has 0 saturated heterocycles. The van der Waals surface area contributed by atoms with Crippen LogP contribution in [0.1, 0.15) is 121 Å². The van der Waals surface area contributed by atoms with Crippen LogP contribution < -0.4 is 5.32 Å². The molecular weight excluding hydrogens is 538 g/mol. The first-order valence-corrected chi connectivity index (χ1v) is 15.8. The van der Waals surface area contributed by atoms with Crippen molar-refractivity contribution in [2.45, 2.75) is 116 Å². The van der Waals surface area contributed by atoms with Crippen LogP contribution in [-0.4, -0.2) is 45.7 Å². The van der Waals surface area contributed by atoms with Gasteiger partial charge in [-0.1, -0.05) is 113 Å². The normalized spacial score (nSPS) is 12.7. The monoisotopic (exact) mass is 587 g/mol. The number of halogens is 1. The van der Waals surface area contributed by atoms with Gasteiger partial charge < -0.3 is 9.47 Å². The number of fused-ring (bicyclic) bond motifs is 1. The van der Waals surface area contributed by atoms with E-state index in [1.807, 2.05) is 26.8 Å². The summed E-state index contributed by atoms with van der Waals surface area (Å²) >= 11 is 6.28. The van der Waals surface area contributed by atoms with Gasteiger partial charge in [0, 0.05) is 6.54 Å². The van der Waals surface area contributed by atoms with Crippen LogP contribution in [0.2, 0.25) is 5.02 Å². The third-order valence-corrected chi connectivity index (χ3v) is 8.00. The molecule has 0 aliphatic heterocycles. The van der Waals surface area contributed by atoms with Gasteiger partial charge in [0.05, 0.1) is 30.4 Å². The van der Waals surface area contributed by atoms with Crippen LogP contribution in [0.5, 0.6) is 0 Å². The number of aromatic amines is 1. The number of nitrogens with zero attached hydrogens (tertiary/aromatic N) is 3. The largest absolute Gasteiger partial charge is 0.465 e. The Morgan fingerprint density at radius 2 is 1.68 bits per heavy atom. The van der Waals surface area contributed by atoms with E-state index in [0.29, 0.717) is 29.8 Å². The van der Waals surface area contributed by atoms with Crippen LogP contribution in [0, 0.1) is 6.92 Å². The fourth-order valence-electron chi connectivity index (χ4n) is 5.01. The first-order chi connectivity index (χ1) is 19.8. The van der Waals surface area contributed by atoms with Crippen LogP contribution in [0.3, 0.4) is 0 Å². The summed E-state index contributed by atoms with van der Waals surface area (Å²) in [4.78, 5) is 12.4. The van der Waals surface area contributed by atoms with E-state index in [9.17, 15) is 4.79 Å². The second kappa shape index (κ2) is 17.5. The number of esters is 1. The molecule has 0 saturated carbocycles. The average Bonchev–Trinajstić information content (AvgIpc) is 3.51. The minimum Gasteiger partial charge on any atom is -0.465 e. The maximum absolute atomic E-state index is 12.4. The summed E-state index contributed by atoms with van der Waals surface area (Å²) in [5.41, 5.74) is 2.05. The first kappa shape index (κ1) is 33.1. The molecule has 3 rings (SSSR count). The van der Waals surface area contributed by atoms with Crippen molar-refractivity contribution < 1.29 is 14.3 Å². The zero-order chi connectivity index (χ0) is 29.5. The second-order valence-electron chi connectivity index (χ2n) is 11.7. The molecule has 0 fully saturated rings. The highest BCUT2D eigenvalue weighted by Crippen LogP contribution is 2.27. The number of H-pyrrole nitrogens is 1. The van der Waals surface area contributed by atoms with Crippen LogP contribution in [0.4, 0.5) is 0 Å². The van der Waals surface area contributed by atoms with E-state index < -0.39 is 5.41 Å². The lowest BCUT2D eigenvalue weighted by Gasteiger charge is -2.22. The van der Waals surface area contributed by atoms with Crippen molar-refractivity contribution in [3.63, 3.8) is 0 Å². The van der Waals surface area contributed by atoms with E-state index in [1.54, 1.807) is 4.52 Å². The molecule has 8 nitrogen and oxygen atoms in total. The molecular formula is C32H50ClN5O3. The quantitative estimate of drug-likeness (QED) is 0.0749. The van der Waals surface area contributed by atoms with Gasteiger partial charge in [0.15, 0.2) is 11.5 Å². The Morgan fingerprint density at radius 1 is 1.02 bits per heavy atom. The molecule has 1 atom stereocenters. The minimum atomic E-state index is -0.538. The van der Waals surface area contributed by atoms with Crippen molar-refractivity contribution in [2.24, 2.45) is 0 Å². The smallest absolute Gasteiger partial charge is 0.307 e. The Kier molecular flexibility index (Phi) is 14.1. The zero-order valence-corrected chi connectivity index (χ0v) is 26.3. The zero-order valence-electron chi connectivity index (χ0n) is 25.5. The second-order valence-corrected chi connectivity index (χ2v) is 12.1. The number of nitrogens with one attached hydrogen (secondary N) is 2. The molecule has 9 heteroatoms. The van der Waals surface area contributed by atoms with Crippen molar-refractivity contribution in [2.75, 3.05) is 19.9 Å². The summed E-state index contributed by atoms with van der Waals surface area (Å²) in [6.07, 6.45) is 14.5. The fraction of sp³-hybridized carbons (Fsp3) is 0.656. The number of carbonyl (C=O) groups excluding carboxylic acids is 1. The molecule has 2 heterocycles. The number of aromatic nitrogens is 4. The van der Waals surface area contributed by atoms with E-state index in [0.717, 1.165) is 18.5 Å². The molecule has 2 N–H and O–H groups in total. The first-order valence-electron chi connectivity index (χ1n) is 15.5. The van der Waals surface area contributed by atoms with E-state index in [-0.39, 0.29) is 25.1 Å². The van der Waals surface area contributed by atoms with Gasteiger partial charge in [-0.2, -0.15) is 0 Å². The maximum Gasteiger partial charge on any atom is 0.307 e. The summed E-state index contributed by atoms with van der Waals surface area (Å²) in [5, 5.41) is 15.4. The molecule has 3 aromatic rings. The summed E-state index contributed by atoms with van der Waals surface area (Å²) < 4.78 is 13.5. The average molecular weight is 588 g/mol. The predicted octanol–water partition coefficient (Wildman–Crippen LogP) is 7.85. The maximum atomic E-state index is 12.4. The van der Waals surface area contributed by atoms with Gasteiger partial charge in [-0.25, -0.2) is 4.52 Å². The predicted molar refractivity (Wildman–Crippen MR) is 165 cm³/mol. The molecule has 0 aliphatic carbocycles. The Morgan fingerprint density at radius 3 is 2.37 bits per heavy atom. The van der Waals surface area contributed by atoms with Gasteiger partial charge in [-0.15, -0.1) is 10.2 Å². The molecule has 41 heavy (non-hydrogen) atoms. The Labute approximate surface area is 250 Å². The van der Waals surface area contributed by atoms with Gasteiger partial charge in [-0.05, 0) is 32.8 Å². The van der Waals surface area contributed by atoms with E-state index >= 15 is 0 Å². The minimum absolute atomic E-state index is 0.0515. The molecule has 1 unspecified atom stereocenters. The van der Waals surface area contributed by atoms with E-state index in [1.165, 1.54) is 63.4 Å². The van der Waals surface area contributed by atoms with Crippen molar-refractivity contribution in [3.05, 3.63) is 52.4 Å². The standard InChI is InChI=1S/C32H50ClN5O3/c1-5-6-7-8-9-10-11-12-13-17-20-27(26-18-15-14-16-19-26)41-24-34-22-21-28(39)40-23-32(3,4)31-36-35-30-29(33)25(2)37-38(30)31/h14-16,18-19,27,34,37H,5-13,17,20-24H2,1-4H3. The van der Waals surface area contributed by atoms with Crippen molar-refractivity contribution in [1.29, 1.82) is 0 Å². The SMILES string of the molecule is CCCCCCCCCCCCC(OCNCCC(=O)OCC(C)(C)c1nnc2c(Cl)c(C)[nH]n12)c1ccccc1. The molecule has 0 bridgehead atoms. The summed E-state index contributed by atoms with van der Waals surface area (Å²) in [6.45, 7) is 9.14. The molecule has 0 spiro atoms. The summed E-state index contributed by atoms with van der Waals surface area (Å²) in [7, 11) is 0. The Hall–Kier alpha value is -2.42. The molecule has 2 aromatic heterocycles. The lowest BCUT2D eigenvalue weighted by atomic mass is 9.94. The third-order valence-electron chi connectivity index (χ3n) is 7.55. The number of carbonyl (C=O) groups is 1. The molecule has 1 aromatic carbocycles. The summed E-state index contributed by atoms with van der Waals surface area (Å²) in [6, 6.07) is 10.4. The molecule has 0 amide bonds. The lowest BCUT2D eigenvalue weighted by molar-refractivity contribution is -0.145. The Bertz CT molecular complexity index is 1160. The van der Waals surface area contributed by atoms with Gasteiger partial charge in [-0.3, -0.25) is 15.2 Å². The van der Waals surface area contributed by atoms with Crippen LogP contribution >= 0.6 is 11.6 Å². The number of hydrogen-bond donors (Lipinski definition) is 2. The number of ether oxygens (including phenoxy) is 2. The van der Waals surface area contributed by atoms with Crippen molar-refractivity contribution in [3.8, 4) is 0 Å². The summed E-state index contributed by atoms with van der Waals surface area (Å²) in [5.74, 6) is 0.396. The number of rotatable bonds is 21. The highest BCUT2D eigenvalue weighted by Gasteiger charge is 2.30. The van der Waals surface area contributed by atoms with Crippen molar-refractivity contribution >= 4 is 23.2 Å². The van der Waals surface area contributed by atoms with Crippen LogP contribution in [0.15, 0.2) is 30.3 Å². The topological polar surface area (TPSA) is 93.5 Å². The third kappa shape index (κ3) is 10.7. The number of hydrogen-bond acceptors (Lipinski definition) is 6. The molecule has 0 aliphatic rings. The van der Waals surface area contributed by atoms with Gasteiger partial charge in [0.1, 0.15) is 11.6 Å². The van der Waals surface area contributed by atoms with Gasteiger partial charge >= 0.3 is 5.97 Å². The van der Waals surface area contributed by atoms with Crippen molar-refractivity contribution in [1.82, 2.24) is 25.1 Å². The lowest BCUT2D eigenvalue weighted by Crippen LogP contribution is -2.30.